The van der Waals surface area contributed by atoms with Gasteiger partial charge in [0, 0.05) is 6.54 Å². The summed E-state index contributed by atoms with van der Waals surface area (Å²) in [6.07, 6.45) is 1.54. The van der Waals surface area contributed by atoms with Crippen LogP contribution >= 0.6 is 22.6 Å². The average molecular weight is 492 g/mol. The van der Waals surface area contributed by atoms with E-state index < -0.39 is 5.91 Å². The highest BCUT2D eigenvalue weighted by Crippen LogP contribution is 2.34. The molecule has 0 aromatic heterocycles. The molecule has 1 N–H and O–H groups in total. The van der Waals surface area contributed by atoms with Crippen LogP contribution < -0.4 is 19.5 Å². The standard InChI is InChI=1S/C21H21IN2O4/c1-4-28-19-11-15(10-18(22)20(19)27-3)9-16(12-23)21(25)24-13-14-5-7-17(26-2)8-6-14/h5-11H,4,13H2,1-3H3,(H,24,25)/b16-9-. The number of halogens is 1. The van der Waals surface area contributed by atoms with Crippen molar-refractivity contribution in [3.63, 3.8) is 0 Å². The van der Waals surface area contributed by atoms with E-state index in [1.54, 1.807) is 20.3 Å². The van der Waals surface area contributed by atoms with Crippen LogP contribution in [0.5, 0.6) is 17.2 Å². The molecule has 0 fully saturated rings. The molecule has 28 heavy (non-hydrogen) atoms. The molecule has 0 aliphatic rings. The minimum absolute atomic E-state index is 0.0110. The summed E-state index contributed by atoms with van der Waals surface area (Å²) in [6.45, 7) is 2.67. The Labute approximate surface area is 178 Å². The number of nitrogens with zero attached hydrogens (tertiary/aromatic N) is 1. The van der Waals surface area contributed by atoms with Gasteiger partial charge in [-0.05, 0) is 71.0 Å². The van der Waals surface area contributed by atoms with Gasteiger partial charge in [0.2, 0.25) is 0 Å². The predicted molar refractivity (Wildman–Crippen MR) is 115 cm³/mol. The summed E-state index contributed by atoms with van der Waals surface area (Å²) in [5.41, 5.74) is 1.60. The molecule has 0 heterocycles. The van der Waals surface area contributed by atoms with Crippen LogP contribution in [0, 0.1) is 14.9 Å². The number of nitrogens with one attached hydrogen (secondary N) is 1. The van der Waals surface area contributed by atoms with Crippen LogP contribution in [-0.2, 0) is 11.3 Å². The van der Waals surface area contributed by atoms with E-state index in [0.29, 0.717) is 30.2 Å². The van der Waals surface area contributed by atoms with Crippen LogP contribution in [0.4, 0.5) is 0 Å². The summed E-state index contributed by atoms with van der Waals surface area (Å²) >= 11 is 2.13. The number of carbonyl (C=O) groups is 1. The summed E-state index contributed by atoms with van der Waals surface area (Å²) in [4.78, 5) is 12.4. The number of hydrogen-bond acceptors (Lipinski definition) is 5. The zero-order valence-electron chi connectivity index (χ0n) is 15.9. The molecule has 6 nitrogen and oxygen atoms in total. The second kappa shape index (κ2) is 10.6. The topological polar surface area (TPSA) is 80.6 Å². The minimum Gasteiger partial charge on any atom is -0.497 e. The summed E-state index contributed by atoms with van der Waals surface area (Å²) in [5.74, 6) is 1.50. The lowest BCUT2D eigenvalue weighted by Gasteiger charge is -2.12. The fourth-order valence-corrected chi connectivity index (χ4v) is 3.31. The first-order chi connectivity index (χ1) is 13.5. The van der Waals surface area contributed by atoms with Crippen molar-refractivity contribution >= 4 is 34.6 Å². The fourth-order valence-electron chi connectivity index (χ4n) is 2.47. The quantitative estimate of drug-likeness (QED) is 0.343. The summed E-state index contributed by atoms with van der Waals surface area (Å²) in [6, 6.07) is 12.9. The SMILES string of the molecule is CCOc1cc(/C=C(/C#N)C(=O)NCc2ccc(OC)cc2)cc(I)c1OC. The third-order valence-corrected chi connectivity index (χ3v) is 4.63. The van der Waals surface area contributed by atoms with Gasteiger partial charge in [0.1, 0.15) is 17.4 Å². The first-order valence-corrected chi connectivity index (χ1v) is 9.63. The van der Waals surface area contributed by atoms with Crippen molar-refractivity contribution in [2.45, 2.75) is 13.5 Å². The molecule has 0 radical (unpaired) electrons. The molecule has 0 saturated heterocycles. The van der Waals surface area contributed by atoms with Crippen LogP contribution in [0.15, 0.2) is 42.0 Å². The van der Waals surface area contributed by atoms with Crippen molar-refractivity contribution in [2.24, 2.45) is 0 Å². The highest BCUT2D eigenvalue weighted by molar-refractivity contribution is 14.1. The maximum Gasteiger partial charge on any atom is 0.262 e. The molecule has 2 rings (SSSR count). The number of ether oxygens (including phenoxy) is 3. The Bertz CT molecular complexity index is 902. The normalized spacial score (nSPS) is 10.8. The van der Waals surface area contributed by atoms with Crippen molar-refractivity contribution in [1.29, 1.82) is 5.26 Å². The van der Waals surface area contributed by atoms with Crippen LogP contribution in [0.3, 0.4) is 0 Å². The van der Waals surface area contributed by atoms with E-state index in [-0.39, 0.29) is 5.57 Å². The van der Waals surface area contributed by atoms with E-state index in [9.17, 15) is 10.1 Å². The largest absolute Gasteiger partial charge is 0.497 e. The average Bonchev–Trinajstić information content (AvgIpc) is 2.70. The highest BCUT2D eigenvalue weighted by Gasteiger charge is 2.13. The Morgan fingerprint density at radius 1 is 1.21 bits per heavy atom. The number of rotatable bonds is 8. The number of methoxy groups -OCH3 is 2. The van der Waals surface area contributed by atoms with Crippen LogP contribution in [0.1, 0.15) is 18.1 Å². The van der Waals surface area contributed by atoms with Crippen molar-refractivity contribution < 1.29 is 19.0 Å². The molecule has 0 bridgehead atoms. The van der Waals surface area contributed by atoms with E-state index in [4.69, 9.17) is 14.2 Å². The molecule has 0 aliphatic heterocycles. The molecule has 0 aliphatic carbocycles. The molecule has 1 amide bonds. The van der Waals surface area contributed by atoms with Gasteiger partial charge >= 0.3 is 0 Å². The van der Waals surface area contributed by atoms with Gasteiger partial charge in [0.05, 0.1) is 24.4 Å². The van der Waals surface area contributed by atoms with Gasteiger partial charge in [-0.1, -0.05) is 12.1 Å². The zero-order valence-corrected chi connectivity index (χ0v) is 18.1. The Morgan fingerprint density at radius 2 is 1.93 bits per heavy atom. The van der Waals surface area contributed by atoms with E-state index in [1.807, 2.05) is 43.3 Å². The second-order valence-electron chi connectivity index (χ2n) is 5.67. The summed E-state index contributed by atoms with van der Waals surface area (Å²) < 4.78 is 16.9. The third-order valence-electron chi connectivity index (χ3n) is 3.82. The predicted octanol–water partition coefficient (Wildman–Crippen LogP) is 3.93. The van der Waals surface area contributed by atoms with Crippen LogP contribution in [0.2, 0.25) is 0 Å². The molecule has 7 heteroatoms. The van der Waals surface area contributed by atoms with Gasteiger partial charge in [-0.2, -0.15) is 5.26 Å². The van der Waals surface area contributed by atoms with Crippen molar-refractivity contribution in [1.82, 2.24) is 5.32 Å². The second-order valence-corrected chi connectivity index (χ2v) is 6.83. The minimum atomic E-state index is -0.442. The van der Waals surface area contributed by atoms with Gasteiger partial charge in [-0.15, -0.1) is 0 Å². The van der Waals surface area contributed by atoms with Crippen LogP contribution in [0.25, 0.3) is 6.08 Å². The van der Waals surface area contributed by atoms with E-state index in [2.05, 4.69) is 27.9 Å². The van der Waals surface area contributed by atoms with Crippen LogP contribution in [-0.4, -0.2) is 26.7 Å². The van der Waals surface area contributed by atoms with Gasteiger partial charge in [0.25, 0.3) is 5.91 Å². The highest BCUT2D eigenvalue weighted by atomic mass is 127. The molecule has 0 unspecified atom stereocenters. The number of benzene rings is 2. The van der Waals surface area contributed by atoms with Crippen molar-refractivity contribution in [2.75, 3.05) is 20.8 Å². The summed E-state index contributed by atoms with van der Waals surface area (Å²) in [7, 11) is 3.17. The van der Waals surface area contributed by atoms with E-state index in [0.717, 1.165) is 14.9 Å². The van der Waals surface area contributed by atoms with Crippen molar-refractivity contribution in [3.8, 4) is 23.3 Å². The third kappa shape index (κ3) is 5.63. The molecule has 0 spiro atoms. The van der Waals surface area contributed by atoms with Gasteiger partial charge in [-0.3, -0.25) is 4.79 Å². The molecular weight excluding hydrogens is 471 g/mol. The van der Waals surface area contributed by atoms with Gasteiger partial charge in [0.15, 0.2) is 11.5 Å². The smallest absolute Gasteiger partial charge is 0.262 e. The molecule has 0 atom stereocenters. The molecule has 2 aromatic carbocycles. The Hall–Kier alpha value is -2.73. The molecule has 0 saturated carbocycles. The lowest BCUT2D eigenvalue weighted by molar-refractivity contribution is -0.117. The lowest BCUT2D eigenvalue weighted by atomic mass is 10.1. The van der Waals surface area contributed by atoms with E-state index >= 15 is 0 Å². The lowest BCUT2D eigenvalue weighted by Crippen LogP contribution is -2.23. The van der Waals surface area contributed by atoms with E-state index in [1.165, 1.54) is 6.08 Å². The molecule has 146 valence electrons. The maximum absolute atomic E-state index is 12.4. The Morgan fingerprint density at radius 3 is 2.50 bits per heavy atom. The number of amides is 1. The number of hydrogen-bond donors (Lipinski definition) is 1. The fraction of sp³-hybridized carbons (Fsp3) is 0.238. The number of carbonyl (C=O) groups excluding carboxylic acids is 1. The summed E-state index contributed by atoms with van der Waals surface area (Å²) in [5, 5.41) is 12.2. The van der Waals surface area contributed by atoms with Crippen molar-refractivity contribution in [3.05, 3.63) is 56.7 Å². The monoisotopic (exact) mass is 492 g/mol. The molecular formula is C21H21IN2O4. The first-order valence-electron chi connectivity index (χ1n) is 8.55. The zero-order chi connectivity index (χ0) is 20.5. The van der Waals surface area contributed by atoms with Gasteiger partial charge < -0.3 is 19.5 Å². The Kier molecular flexibility index (Phi) is 8.14. The first kappa shape index (κ1) is 21.6. The Balaban J connectivity index is 2.17. The number of nitriles is 1. The molecule has 2 aromatic rings. The van der Waals surface area contributed by atoms with Gasteiger partial charge in [-0.25, -0.2) is 0 Å². The maximum atomic E-state index is 12.4.